The Hall–Kier alpha value is -3.35. The summed E-state index contributed by atoms with van der Waals surface area (Å²) in [6, 6.07) is 7.02. The number of hydrogen-bond acceptors (Lipinski definition) is 5. The molecule has 0 aliphatic heterocycles. The van der Waals surface area contributed by atoms with Crippen molar-refractivity contribution < 1.29 is 26.7 Å². The van der Waals surface area contributed by atoms with E-state index in [9.17, 15) is 22.0 Å². The Morgan fingerprint density at radius 2 is 1.70 bits per heavy atom. The first-order chi connectivity index (χ1) is 15.6. The SMILES string of the molecule is CNC(=NC(=O)/C(C)=C/c1cc(F)c(Oc2ccc(S(=O)(=O)NCCN)cc2)c(F)c1)NC. The minimum absolute atomic E-state index is 0.0289. The molecule has 1 amide bonds. The molecule has 0 saturated heterocycles. The van der Waals surface area contributed by atoms with Gasteiger partial charge in [0.2, 0.25) is 10.0 Å². The van der Waals surface area contributed by atoms with Gasteiger partial charge in [0.25, 0.3) is 5.91 Å². The van der Waals surface area contributed by atoms with Crippen LogP contribution in [0.25, 0.3) is 6.08 Å². The van der Waals surface area contributed by atoms with Gasteiger partial charge in [0.15, 0.2) is 23.3 Å². The summed E-state index contributed by atoms with van der Waals surface area (Å²) in [4.78, 5) is 15.8. The summed E-state index contributed by atoms with van der Waals surface area (Å²) in [5, 5.41) is 5.37. The first-order valence-corrected chi connectivity index (χ1v) is 11.2. The Morgan fingerprint density at radius 3 is 2.21 bits per heavy atom. The van der Waals surface area contributed by atoms with Crippen molar-refractivity contribution in [3.63, 3.8) is 0 Å². The van der Waals surface area contributed by atoms with Crippen LogP contribution in [-0.4, -0.2) is 47.5 Å². The second-order valence-electron chi connectivity index (χ2n) is 6.67. The van der Waals surface area contributed by atoms with Crippen molar-refractivity contribution >= 4 is 28.0 Å². The van der Waals surface area contributed by atoms with Gasteiger partial charge >= 0.3 is 0 Å². The van der Waals surface area contributed by atoms with Crippen LogP contribution in [0.1, 0.15) is 12.5 Å². The standard InChI is InChI=1S/C21H25F2N5O4S/c1-13(20(29)28-21(25-2)26-3)10-14-11-17(22)19(18(23)12-14)32-15-4-6-16(7-5-15)33(30,31)27-9-8-24/h4-7,10-12,27H,8-9,24H2,1-3H3,(H2,25,26,28,29)/b13-10+. The summed E-state index contributed by atoms with van der Waals surface area (Å²) in [6.07, 6.45) is 1.29. The number of nitrogens with two attached hydrogens (primary N) is 1. The number of hydrogen-bond donors (Lipinski definition) is 4. The number of carbonyl (C=O) groups excluding carboxylic acids is 1. The highest BCUT2D eigenvalue weighted by atomic mass is 32.2. The molecule has 2 aromatic rings. The highest BCUT2D eigenvalue weighted by Crippen LogP contribution is 2.30. The molecule has 0 atom stereocenters. The minimum atomic E-state index is -3.75. The van der Waals surface area contributed by atoms with Crippen LogP contribution in [0, 0.1) is 11.6 Å². The maximum Gasteiger partial charge on any atom is 0.275 e. The molecule has 9 nitrogen and oxygen atoms in total. The zero-order valence-electron chi connectivity index (χ0n) is 18.3. The van der Waals surface area contributed by atoms with Crippen molar-refractivity contribution in [1.82, 2.24) is 15.4 Å². The van der Waals surface area contributed by atoms with Crippen LogP contribution in [0.2, 0.25) is 0 Å². The van der Waals surface area contributed by atoms with E-state index in [-0.39, 0.29) is 40.8 Å². The van der Waals surface area contributed by atoms with Gasteiger partial charge in [-0.05, 0) is 55.0 Å². The topological polar surface area (TPSA) is 135 Å². The fraction of sp³-hybridized carbons (Fsp3) is 0.238. The molecule has 33 heavy (non-hydrogen) atoms. The molecule has 0 aromatic heterocycles. The van der Waals surface area contributed by atoms with Gasteiger partial charge in [-0.1, -0.05) is 0 Å². The smallest absolute Gasteiger partial charge is 0.275 e. The number of carbonyl (C=O) groups is 1. The lowest BCUT2D eigenvalue weighted by Crippen LogP contribution is -2.32. The van der Waals surface area contributed by atoms with E-state index >= 15 is 0 Å². The highest BCUT2D eigenvalue weighted by molar-refractivity contribution is 7.89. The second kappa shape index (κ2) is 11.5. The van der Waals surface area contributed by atoms with Crippen molar-refractivity contribution in [3.05, 3.63) is 59.2 Å². The molecule has 0 unspecified atom stereocenters. The Kier molecular flexibility index (Phi) is 9.02. The van der Waals surface area contributed by atoms with Crippen molar-refractivity contribution in [2.45, 2.75) is 11.8 Å². The first-order valence-electron chi connectivity index (χ1n) is 9.74. The summed E-state index contributed by atoms with van der Waals surface area (Å²) < 4.78 is 60.8. The molecule has 2 rings (SSSR count). The maximum absolute atomic E-state index is 14.5. The first kappa shape index (κ1) is 25.9. The number of aliphatic imine (C=N–C) groups is 1. The van der Waals surface area contributed by atoms with Gasteiger partial charge in [0, 0.05) is 32.8 Å². The zero-order valence-corrected chi connectivity index (χ0v) is 19.1. The van der Waals surface area contributed by atoms with Gasteiger partial charge in [0.1, 0.15) is 5.75 Å². The number of guanidine groups is 1. The number of rotatable bonds is 8. The predicted octanol–water partition coefficient (Wildman–Crippen LogP) is 1.72. The van der Waals surface area contributed by atoms with E-state index in [1.165, 1.54) is 37.3 Å². The second-order valence-corrected chi connectivity index (χ2v) is 8.43. The summed E-state index contributed by atoms with van der Waals surface area (Å²) in [7, 11) is -0.589. The zero-order chi connectivity index (χ0) is 24.6. The average molecular weight is 482 g/mol. The van der Waals surface area contributed by atoms with E-state index in [1.807, 2.05) is 0 Å². The van der Waals surface area contributed by atoms with E-state index in [0.717, 1.165) is 12.1 Å². The number of sulfonamides is 1. The number of halogens is 2. The van der Waals surface area contributed by atoms with Crippen LogP contribution in [0.4, 0.5) is 8.78 Å². The molecule has 0 aliphatic rings. The monoisotopic (exact) mass is 481 g/mol. The molecule has 0 spiro atoms. The van der Waals surface area contributed by atoms with Crippen molar-refractivity contribution in [3.8, 4) is 11.5 Å². The van der Waals surface area contributed by atoms with Crippen molar-refractivity contribution in [1.29, 1.82) is 0 Å². The molecule has 5 N–H and O–H groups in total. The molecular formula is C21H25F2N5O4S. The van der Waals surface area contributed by atoms with Gasteiger partial charge in [-0.25, -0.2) is 21.9 Å². The fourth-order valence-corrected chi connectivity index (χ4v) is 3.63. The Bertz CT molecular complexity index is 1140. The van der Waals surface area contributed by atoms with Crippen LogP contribution in [0.3, 0.4) is 0 Å². The van der Waals surface area contributed by atoms with E-state index in [1.54, 1.807) is 14.1 Å². The lowest BCUT2D eigenvalue weighted by molar-refractivity contribution is -0.114. The normalized spacial score (nSPS) is 11.6. The van der Waals surface area contributed by atoms with E-state index in [0.29, 0.717) is 0 Å². The summed E-state index contributed by atoms with van der Waals surface area (Å²) in [5.41, 5.74) is 5.54. The molecule has 0 saturated carbocycles. The molecule has 178 valence electrons. The summed E-state index contributed by atoms with van der Waals surface area (Å²) >= 11 is 0. The fourth-order valence-electron chi connectivity index (χ4n) is 2.58. The Labute approximate surface area is 190 Å². The number of ether oxygens (including phenoxy) is 1. The summed E-state index contributed by atoms with van der Waals surface area (Å²) in [5.74, 6) is -3.00. The molecule has 0 bridgehead atoms. The van der Waals surface area contributed by atoms with E-state index in [2.05, 4.69) is 20.3 Å². The number of nitrogens with one attached hydrogen (secondary N) is 3. The van der Waals surface area contributed by atoms with Crippen molar-refractivity contribution in [2.75, 3.05) is 27.2 Å². The average Bonchev–Trinajstić information content (AvgIpc) is 2.78. The van der Waals surface area contributed by atoms with Crippen LogP contribution in [0.15, 0.2) is 51.9 Å². The van der Waals surface area contributed by atoms with Crippen molar-refractivity contribution in [2.24, 2.45) is 10.7 Å². The number of amides is 1. The minimum Gasteiger partial charge on any atom is -0.451 e. The summed E-state index contributed by atoms with van der Waals surface area (Å²) in [6.45, 7) is 1.67. The third kappa shape index (κ3) is 7.07. The predicted molar refractivity (Wildman–Crippen MR) is 121 cm³/mol. The third-order valence-corrected chi connectivity index (χ3v) is 5.70. The van der Waals surface area contributed by atoms with Crippen LogP contribution >= 0.6 is 0 Å². The Morgan fingerprint density at radius 1 is 1.12 bits per heavy atom. The van der Waals surface area contributed by atoms with Crippen LogP contribution in [-0.2, 0) is 14.8 Å². The van der Waals surface area contributed by atoms with Crippen LogP contribution < -0.4 is 25.8 Å². The number of benzene rings is 2. The van der Waals surface area contributed by atoms with E-state index < -0.39 is 33.3 Å². The van der Waals surface area contributed by atoms with Gasteiger partial charge in [-0.2, -0.15) is 4.99 Å². The molecule has 12 heteroatoms. The third-order valence-electron chi connectivity index (χ3n) is 4.22. The molecule has 2 aromatic carbocycles. The van der Waals surface area contributed by atoms with Gasteiger partial charge in [-0.15, -0.1) is 0 Å². The molecule has 0 heterocycles. The molecule has 0 aliphatic carbocycles. The molecule has 0 fully saturated rings. The lowest BCUT2D eigenvalue weighted by Gasteiger charge is -2.10. The number of nitrogens with zero attached hydrogens (tertiary/aromatic N) is 1. The molecular weight excluding hydrogens is 456 g/mol. The van der Waals surface area contributed by atoms with Gasteiger partial charge in [0.05, 0.1) is 4.90 Å². The maximum atomic E-state index is 14.5. The highest BCUT2D eigenvalue weighted by Gasteiger charge is 2.16. The lowest BCUT2D eigenvalue weighted by atomic mass is 10.1. The largest absolute Gasteiger partial charge is 0.451 e. The van der Waals surface area contributed by atoms with Gasteiger partial charge in [-0.3, -0.25) is 4.79 Å². The Balaban J connectivity index is 2.22. The van der Waals surface area contributed by atoms with Gasteiger partial charge < -0.3 is 21.1 Å². The van der Waals surface area contributed by atoms with E-state index in [4.69, 9.17) is 10.5 Å². The quantitative estimate of drug-likeness (QED) is 0.256. The molecule has 0 radical (unpaired) electrons. The van der Waals surface area contributed by atoms with Crippen LogP contribution in [0.5, 0.6) is 11.5 Å².